The van der Waals surface area contributed by atoms with E-state index in [2.05, 4.69) is 81.8 Å². The van der Waals surface area contributed by atoms with Crippen molar-refractivity contribution in [3.05, 3.63) is 71.0 Å². The first kappa shape index (κ1) is 17.6. The van der Waals surface area contributed by atoms with Gasteiger partial charge in [0.15, 0.2) is 11.5 Å². The van der Waals surface area contributed by atoms with Crippen molar-refractivity contribution in [2.45, 2.75) is 47.0 Å². The first-order valence-corrected chi connectivity index (χ1v) is 9.40. The highest BCUT2D eigenvalue weighted by atomic mass is 16.5. The minimum Gasteiger partial charge on any atom is -0.453 e. The van der Waals surface area contributed by atoms with Crippen LogP contribution in [0.1, 0.15) is 43.0 Å². The number of hydrogen-bond donors (Lipinski definition) is 0. The third-order valence-corrected chi connectivity index (χ3v) is 5.23. The van der Waals surface area contributed by atoms with Crippen LogP contribution in [0, 0.1) is 20.8 Å². The molecule has 138 valence electrons. The molecule has 4 rings (SSSR count). The van der Waals surface area contributed by atoms with Crippen LogP contribution in [-0.4, -0.2) is 4.98 Å². The number of para-hydroxylation sites is 1. The summed E-state index contributed by atoms with van der Waals surface area (Å²) in [6.07, 6.45) is 3.67. The lowest BCUT2D eigenvalue weighted by atomic mass is 9.84. The minimum atomic E-state index is 0.118. The Hall–Kier alpha value is -2.81. The second-order valence-electron chi connectivity index (χ2n) is 8.41. The van der Waals surface area contributed by atoms with E-state index in [1.54, 1.807) is 6.20 Å². The van der Waals surface area contributed by atoms with Crippen LogP contribution in [0.4, 0.5) is 17.1 Å². The minimum absolute atomic E-state index is 0.118. The highest BCUT2D eigenvalue weighted by Gasteiger charge is 2.29. The molecule has 2 heterocycles. The maximum atomic E-state index is 6.24. The van der Waals surface area contributed by atoms with Gasteiger partial charge in [-0.3, -0.25) is 4.98 Å². The molecule has 3 nitrogen and oxygen atoms in total. The van der Waals surface area contributed by atoms with Gasteiger partial charge in [-0.15, -0.1) is 0 Å². The molecule has 1 aromatic heterocycles. The summed E-state index contributed by atoms with van der Waals surface area (Å²) < 4.78 is 6.24. The lowest BCUT2D eigenvalue weighted by Gasteiger charge is -2.35. The number of fused-ring (bicyclic) bond motifs is 2. The number of aromatic nitrogens is 1. The molecule has 0 bridgehead atoms. The molecule has 0 radical (unpaired) electrons. The molecule has 0 fully saturated rings. The number of anilines is 3. The molecule has 0 N–H and O–H groups in total. The topological polar surface area (TPSA) is 25.4 Å². The predicted octanol–water partition coefficient (Wildman–Crippen LogP) is 6.88. The van der Waals surface area contributed by atoms with Gasteiger partial charge in [0.1, 0.15) is 5.69 Å². The van der Waals surface area contributed by atoms with Gasteiger partial charge in [0, 0.05) is 12.3 Å². The van der Waals surface area contributed by atoms with Crippen LogP contribution >= 0.6 is 0 Å². The second kappa shape index (κ2) is 6.12. The number of ether oxygens (including phenoxy) is 1. The SMILES string of the molecule is Cc1cccc2c1Oc1ccncc1N2c1c(C)cc(C(C)(C)C)cc1C. The first-order chi connectivity index (χ1) is 12.8. The van der Waals surface area contributed by atoms with Crippen molar-refractivity contribution in [3.8, 4) is 11.5 Å². The van der Waals surface area contributed by atoms with Crippen LogP contribution in [0.5, 0.6) is 11.5 Å². The molecule has 1 aliphatic heterocycles. The molecule has 0 saturated heterocycles. The van der Waals surface area contributed by atoms with Gasteiger partial charge in [-0.05, 0) is 54.5 Å². The molecular weight excluding hydrogens is 332 g/mol. The third kappa shape index (κ3) is 2.87. The monoisotopic (exact) mass is 358 g/mol. The fourth-order valence-corrected chi connectivity index (χ4v) is 3.80. The highest BCUT2D eigenvalue weighted by Crippen LogP contribution is 2.52. The van der Waals surface area contributed by atoms with Crippen molar-refractivity contribution in [1.29, 1.82) is 0 Å². The summed E-state index contributed by atoms with van der Waals surface area (Å²) in [6.45, 7) is 13.2. The number of benzene rings is 2. The summed E-state index contributed by atoms with van der Waals surface area (Å²) >= 11 is 0. The summed E-state index contributed by atoms with van der Waals surface area (Å²) in [7, 11) is 0. The van der Waals surface area contributed by atoms with E-state index in [4.69, 9.17) is 4.74 Å². The Morgan fingerprint density at radius 1 is 0.889 bits per heavy atom. The number of pyridine rings is 1. The molecule has 2 aromatic carbocycles. The van der Waals surface area contributed by atoms with Crippen molar-refractivity contribution in [1.82, 2.24) is 4.98 Å². The van der Waals surface area contributed by atoms with Crippen LogP contribution in [0.2, 0.25) is 0 Å². The van der Waals surface area contributed by atoms with Gasteiger partial charge in [-0.25, -0.2) is 0 Å². The Bertz CT molecular complexity index is 1010. The van der Waals surface area contributed by atoms with Crippen LogP contribution < -0.4 is 9.64 Å². The van der Waals surface area contributed by atoms with E-state index in [0.717, 1.165) is 28.4 Å². The van der Waals surface area contributed by atoms with Gasteiger partial charge in [-0.1, -0.05) is 45.0 Å². The predicted molar refractivity (Wildman–Crippen MR) is 112 cm³/mol. The number of nitrogens with zero attached hydrogens (tertiary/aromatic N) is 2. The standard InChI is InChI=1S/C24H26N2O/c1-15-8-7-9-19-23(15)27-21-10-11-25-14-20(21)26(19)22-16(2)12-18(13-17(22)3)24(4,5)6/h7-14H,1-6H3. The molecule has 27 heavy (non-hydrogen) atoms. The molecule has 0 spiro atoms. The zero-order valence-electron chi connectivity index (χ0n) is 16.9. The van der Waals surface area contributed by atoms with Crippen molar-refractivity contribution in [2.75, 3.05) is 4.90 Å². The zero-order valence-corrected chi connectivity index (χ0v) is 16.9. The summed E-state index contributed by atoms with van der Waals surface area (Å²) in [5.41, 5.74) is 8.34. The first-order valence-electron chi connectivity index (χ1n) is 9.40. The lowest BCUT2D eigenvalue weighted by molar-refractivity contribution is 0.472. The summed E-state index contributed by atoms with van der Waals surface area (Å²) in [5.74, 6) is 1.75. The average molecular weight is 358 g/mol. The Morgan fingerprint density at radius 3 is 2.26 bits per heavy atom. The van der Waals surface area contributed by atoms with Gasteiger partial charge in [0.25, 0.3) is 0 Å². The van der Waals surface area contributed by atoms with E-state index in [1.165, 1.54) is 22.4 Å². The quantitative estimate of drug-likeness (QED) is 0.371. The van der Waals surface area contributed by atoms with Crippen molar-refractivity contribution >= 4 is 17.1 Å². The Balaban J connectivity index is 1.99. The van der Waals surface area contributed by atoms with E-state index in [1.807, 2.05) is 12.3 Å². The third-order valence-electron chi connectivity index (χ3n) is 5.23. The van der Waals surface area contributed by atoms with Crippen LogP contribution in [0.15, 0.2) is 48.8 Å². The molecular formula is C24H26N2O. The molecule has 0 aliphatic carbocycles. The van der Waals surface area contributed by atoms with Crippen LogP contribution in [0.25, 0.3) is 0 Å². The summed E-state index contributed by atoms with van der Waals surface area (Å²) in [4.78, 5) is 6.66. The van der Waals surface area contributed by atoms with Crippen LogP contribution in [0.3, 0.4) is 0 Å². The second-order valence-corrected chi connectivity index (χ2v) is 8.41. The highest BCUT2D eigenvalue weighted by molar-refractivity contribution is 5.88. The van der Waals surface area contributed by atoms with E-state index >= 15 is 0 Å². The Labute approximate surface area is 161 Å². The molecule has 0 unspecified atom stereocenters. The number of aryl methyl sites for hydroxylation is 3. The van der Waals surface area contributed by atoms with E-state index in [-0.39, 0.29) is 5.41 Å². The number of rotatable bonds is 1. The van der Waals surface area contributed by atoms with Gasteiger partial charge < -0.3 is 9.64 Å². The maximum absolute atomic E-state index is 6.24. The summed E-state index contributed by atoms with van der Waals surface area (Å²) in [5, 5.41) is 0. The normalized spacial score (nSPS) is 13.0. The maximum Gasteiger partial charge on any atom is 0.154 e. The van der Waals surface area contributed by atoms with E-state index < -0.39 is 0 Å². The van der Waals surface area contributed by atoms with Crippen molar-refractivity contribution < 1.29 is 4.74 Å². The molecule has 3 heteroatoms. The Morgan fingerprint density at radius 2 is 1.59 bits per heavy atom. The van der Waals surface area contributed by atoms with Gasteiger partial charge in [0.05, 0.1) is 17.6 Å². The molecule has 3 aromatic rings. The van der Waals surface area contributed by atoms with Gasteiger partial charge in [0.2, 0.25) is 0 Å². The molecule has 0 amide bonds. The van der Waals surface area contributed by atoms with Crippen molar-refractivity contribution in [2.24, 2.45) is 0 Å². The lowest BCUT2D eigenvalue weighted by Crippen LogP contribution is -2.20. The Kier molecular flexibility index (Phi) is 3.99. The van der Waals surface area contributed by atoms with E-state index in [0.29, 0.717) is 0 Å². The fourth-order valence-electron chi connectivity index (χ4n) is 3.80. The fraction of sp³-hybridized carbons (Fsp3) is 0.292. The average Bonchev–Trinajstić information content (AvgIpc) is 2.60. The zero-order chi connectivity index (χ0) is 19.3. The molecule has 0 atom stereocenters. The van der Waals surface area contributed by atoms with Crippen LogP contribution in [-0.2, 0) is 5.41 Å². The summed E-state index contributed by atoms with van der Waals surface area (Å²) in [6, 6.07) is 12.8. The molecule has 0 saturated carbocycles. The largest absolute Gasteiger partial charge is 0.453 e. The van der Waals surface area contributed by atoms with E-state index in [9.17, 15) is 0 Å². The molecule has 1 aliphatic rings. The number of hydrogen-bond acceptors (Lipinski definition) is 3. The smallest absolute Gasteiger partial charge is 0.154 e. The van der Waals surface area contributed by atoms with Crippen molar-refractivity contribution in [3.63, 3.8) is 0 Å². The van der Waals surface area contributed by atoms with Gasteiger partial charge >= 0.3 is 0 Å². The van der Waals surface area contributed by atoms with Gasteiger partial charge in [-0.2, -0.15) is 0 Å².